The van der Waals surface area contributed by atoms with E-state index in [0.29, 0.717) is 21.7 Å². The number of aromatic nitrogens is 2. The molecule has 1 amide bonds. The molecule has 0 aliphatic heterocycles. The number of amides is 1. The molecule has 2 heterocycles. The van der Waals surface area contributed by atoms with Crippen LogP contribution in [0.4, 0.5) is 10.1 Å². The van der Waals surface area contributed by atoms with Gasteiger partial charge in [-0.05, 0) is 35.7 Å². The predicted molar refractivity (Wildman–Crippen MR) is 118 cm³/mol. The lowest BCUT2D eigenvalue weighted by Crippen LogP contribution is -2.23. The first kappa shape index (κ1) is 20.1. The Bertz CT molecular complexity index is 1290. The molecule has 4 aromatic rings. The summed E-state index contributed by atoms with van der Waals surface area (Å²) in [6.07, 6.45) is 0. The molecule has 2 aromatic carbocycles. The minimum atomic E-state index is -0.542. The highest BCUT2D eigenvalue weighted by atomic mass is 32.2. The third kappa shape index (κ3) is 4.07. The van der Waals surface area contributed by atoms with Crippen LogP contribution < -0.4 is 15.6 Å². The first-order chi connectivity index (χ1) is 14.6. The van der Waals surface area contributed by atoms with Gasteiger partial charge in [-0.2, -0.15) is 0 Å². The van der Waals surface area contributed by atoms with E-state index in [9.17, 15) is 14.0 Å². The summed E-state index contributed by atoms with van der Waals surface area (Å²) in [6.45, 7) is 0. The highest BCUT2D eigenvalue weighted by Crippen LogP contribution is 2.25. The van der Waals surface area contributed by atoms with Crippen LogP contribution in [0.3, 0.4) is 0 Å². The number of para-hydroxylation sites is 1. The Hall–Kier alpha value is -3.17. The second kappa shape index (κ2) is 8.68. The average Bonchev–Trinajstić information content (AvgIpc) is 3.22. The zero-order valence-electron chi connectivity index (χ0n) is 15.8. The highest BCUT2D eigenvalue weighted by molar-refractivity contribution is 7.99. The molecule has 0 aliphatic rings. The molecular weight excluding hydrogens is 425 g/mol. The monoisotopic (exact) mass is 441 g/mol. The van der Waals surface area contributed by atoms with Crippen molar-refractivity contribution in [3.8, 4) is 11.4 Å². The lowest BCUT2D eigenvalue weighted by molar-refractivity contribution is -0.113. The lowest BCUT2D eigenvalue weighted by Gasteiger charge is -2.13. The SMILES string of the molecule is COc1cccc(NC(=O)CSc2nc3ccsc3c(=O)n2-c2ccccc2F)c1. The second-order valence-electron chi connectivity index (χ2n) is 6.19. The highest BCUT2D eigenvalue weighted by Gasteiger charge is 2.17. The molecule has 0 saturated heterocycles. The fraction of sp³-hybridized carbons (Fsp3) is 0.0952. The number of rotatable bonds is 6. The Labute approximate surface area is 179 Å². The second-order valence-corrected chi connectivity index (χ2v) is 8.05. The number of hydrogen-bond donors (Lipinski definition) is 1. The number of benzene rings is 2. The van der Waals surface area contributed by atoms with Gasteiger partial charge in [-0.1, -0.05) is 30.0 Å². The van der Waals surface area contributed by atoms with E-state index in [0.717, 1.165) is 11.8 Å². The maximum absolute atomic E-state index is 14.4. The number of fused-ring (bicyclic) bond motifs is 1. The van der Waals surface area contributed by atoms with E-state index in [1.165, 1.54) is 28.0 Å². The third-order valence-corrected chi connectivity index (χ3v) is 6.06. The van der Waals surface area contributed by atoms with Crippen molar-refractivity contribution in [2.45, 2.75) is 5.16 Å². The summed E-state index contributed by atoms with van der Waals surface area (Å²) < 4.78 is 21.2. The quantitative estimate of drug-likeness (QED) is 0.356. The van der Waals surface area contributed by atoms with Crippen LogP contribution in [0.1, 0.15) is 0 Å². The van der Waals surface area contributed by atoms with E-state index in [1.807, 2.05) is 0 Å². The number of hydrogen-bond acceptors (Lipinski definition) is 6. The molecule has 0 saturated carbocycles. The molecule has 0 unspecified atom stereocenters. The maximum Gasteiger partial charge on any atom is 0.276 e. The fourth-order valence-corrected chi connectivity index (χ4v) is 4.43. The van der Waals surface area contributed by atoms with Gasteiger partial charge in [0.05, 0.1) is 24.1 Å². The fourth-order valence-electron chi connectivity index (χ4n) is 2.86. The summed E-state index contributed by atoms with van der Waals surface area (Å²) in [5, 5.41) is 4.78. The third-order valence-electron chi connectivity index (χ3n) is 4.23. The summed E-state index contributed by atoms with van der Waals surface area (Å²) in [6, 6.07) is 14.7. The van der Waals surface area contributed by atoms with Crippen LogP contribution in [-0.4, -0.2) is 28.3 Å². The average molecular weight is 442 g/mol. The first-order valence-corrected chi connectivity index (χ1v) is 10.7. The van der Waals surface area contributed by atoms with Crippen molar-refractivity contribution in [3.05, 3.63) is 76.1 Å². The molecule has 0 bridgehead atoms. The Balaban J connectivity index is 1.63. The molecule has 6 nitrogen and oxygen atoms in total. The van der Waals surface area contributed by atoms with E-state index in [-0.39, 0.29) is 28.1 Å². The van der Waals surface area contributed by atoms with Crippen molar-refractivity contribution in [3.63, 3.8) is 0 Å². The predicted octanol–water partition coefficient (Wildman–Crippen LogP) is 4.33. The molecule has 4 rings (SSSR count). The smallest absolute Gasteiger partial charge is 0.276 e. The number of nitrogens with zero attached hydrogens (tertiary/aromatic N) is 2. The van der Waals surface area contributed by atoms with Crippen molar-refractivity contribution in [1.82, 2.24) is 9.55 Å². The largest absolute Gasteiger partial charge is 0.497 e. The van der Waals surface area contributed by atoms with E-state index in [4.69, 9.17) is 4.74 Å². The van der Waals surface area contributed by atoms with Gasteiger partial charge in [0, 0.05) is 11.8 Å². The van der Waals surface area contributed by atoms with Gasteiger partial charge in [-0.25, -0.2) is 9.37 Å². The van der Waals surface area contributed by atoms with Crippen molar-refractivity contribution in [2.75, 3.05) is 18.2 Å². The number of halogens is 1. The van der Waals surface area contributed by atoms with Gasteiger partial charge in [-0.3, -0.25) is 14.2 Å². The topological polar surface area (TPSA) is 73.2 Å². The summed E-state index contributed by atoms with van der Waals surface area (Å²) in [7, 11) is 1.55. The lowest BCUT2D eigenvalue weighted by atomic mass is 10.3. The molecular formula is C21H16FN3O3S2. The van der Waals surface area contributed by atoms with Gasteiger partial charge >= 0.3 is 0 Å². The number of methoxy groups -OCH3 is 1. The van der Waals surface area contributed by atoms with Gasteiger partial charge in [0.25, 0.3) is 5.56 Å². The van der Waals surface area contributed by atoms with Gasteiger partial charge in [0.2, 0.25) is 5.91 Å². The van der Waals surface area contributed by atoms with Crippen LogP contribution in [-0.2, 0) is 4.79 Å². The summed E-state index contributed by atoms with van der Waals surface area (Å²) in [4.78, 5) is 29.9. The molecule has 0 fully saturated rings. The Morgan fingerprint density at radius 3 is 2.87 bits per heavy atom. The number of anilines is 1. The van der Waals surface area contributed by atoms with Crippen LogP contribution >= 0.6 is 23.1 Å². The minimum absolute atomic E-state index is 0.00620. The molecule has 30 heavy (non-hydrogen) atoms. The minimum Gasteiger partial charge on any atom is -0.497 e. The van der Waals surface area contributed by atoms with Crippen LogP contribution in [0.15, 0.2) is 69.9 Å². The van der Waals surface area contributed by atoms with Gasteiger partial charge in [-0.15, -0.1) is 11.3 Å². The summed E-state index contributed by atoms with van der Waals surface area (Å²) in [5.74, 6) is -0.209. The summed E-state index contributed by atoms with van der Waals surface area (Å²) in [5.41, 5.74) is 0.845. The van der Waals surface area contributed by atoms with Gasteiger partial charge in [0.1, 0.15) is 16.3 Å². The molecule has 1 N–H and O–H groups in total. The number of thioether (sulfide) groups is 1. The molecule has 9 heteroatoms. The molecule has 0 radical (unpaired) electrons. The van der Waals surface area contributed by atoms with Crippen molar-refractivity contribution in [1.29, 1.82) is 0 Å². The Morgan fingerprint density at radius 1 is 1.23 bits per heavy atom. The number of carbonyl (C=O) groups excluding carboxylic acids is 1. The molecule has 0 spiro atoms. The standard InChI is InChI=1S/C21H16FN3O3S2/c1-28-14-6-4-5-13(11-14)23-18(26)12-30-21-24-16-9-10-29-19(16)20(27)25(21)17-8-3-2-7-15(17)22/h2-11H,12H2,1H3,(H,23,26). The van der Waals surface area contributed by atoms with E-state index in [2.05, 4.69) is 10.3 Å². The van der Waals surface area contributed by atoms with E-state index < -0.39 is 5.82 Å². The van der Waals surface area contributed by atoms with Crippen LogP contribution in [0.5, 0.6) is 5.75 Å². The van der Waals surface area contributed by atoms with Crippen molar-refractivity contribution >= 4 is 44.9 Å². The van der Waals surface area contributed by atoms with Crippen molar-refractivity contribution < 1.29 is 13.9 Å². The molecule has 0 atom stereocenters. The number of ether oxygens (including phenoxy) is 1. The zero-order chi connectivity index (χ0) is 21.1. The van der Waals surface area contributed by atoms with Crippen LogP contribution in [0, 0.1) is 5.82 Å². The van der Waals surface area contributed by atoms with E-state index in [1.54, 1.807) is 55.0 Å². The number of thiophene rings is 1. The molecule has 152 valence electrons. The number of carbonyl (C=O) groups is 1. The first-order valence-electron chi connectivity index (χ1n) is 8.88. The van der Waals surface area contributed by atoms with Gasteiger partial charge in [0.15, 0.2) is 5.16 Å². The van der Waals surface area contributed by atoms with Crippen LogP contribution in [0.25, 0.3) is 15.9 Å². The normalized spacial score (nSPS) is 10.9. The van der Waals surface area contributed by atoms with Crippen LogP contribution in [0.2, 0.25) is 0 Å². The molecule has 0 aliphatic carbocycles. The Kier molecular flexibility index (Phi) is 5.82. The molecule has 2 aromatic heterocycles. The number of nitrogens with one attached hydrogen (secondary N) is 1. The van der Waals surface area contributed by atoms with Crippen molar-refractivity contribution in [2.24, 2.45) is 0 Å². The van der Waals surface area contributed by atoms with Gasteiger partial charge < -0.3 is 10.1 Å². The van der Waals surface area contributed by atoms with E-state index >= 15 is 0 Å². The summed E-state index contributed by atoms with van der Waals surface area (Å²) >= 11 is 2.32. The Morgan fingerprint density at radius 2 is 2.07 bits per heavy atom. The maximum atomic E-state index is 14.4. The zero-order valence-corrected chi connectivity index (χ0v) is 17.4.